The van der Waals surface area contributed by atoms with Gasteiger partial charge < -0.3 is 5.11 Å². The number of aromatic nitrogens is 3. The predicted octanol–water partition coefficient (Wildman–Crippen LogP) is 1.68. The molecule has 0 aliphatic carbocycles. The van der Waals surface area contributed by atoms with Crippen molar-refractivity contribution >= 4 is 16.7 Å². The highest BCUT2D eigenvalue weighted by molar-refractivity contribution is 5.98. The maximum absolute atomic E-state index is 11.8. The molecule has 98 valence electrons. The van der Waals surface area contributed by atoms with E-state index in [2.05, 4.69) is 15.2 Å². The van der Waals surface area contributed by atoms with Crippen LogP contribution in [0.5, 0.6) is 0 Å². The molecule has 0 bridgehead atoms. The first kappa shape index (κ1) is 12.0. The average Bonchev–Trinajstić information content (AvgIpc) is 2.48. The lowest BCUT2D eigenvalue weighted by atomic mass is 10.1. The minimum Gasteiger partial charge on any atom is -0.478 e. The Hall–Kier alpha value is -3.02. The second-order valence-electron chi connectivity index (χ2n) is 4.18. The molecule has 0 radical (unpaired) electrons. The van der Waals surface area contributed by atoms with E-state index in [0.717, 1.165) is 0 Å². The molecule has 3 rings (SSSR count). The molecule has 2 N–H and O–H groups in total. The third-order valence-electron chi connectivity index (χ3n) is 2.94. The molecule has 6 heteroatoms. The van der Waals surface area contributed by atoms with Gasteiger partial charge in [-0.1, -0.05) is 6.07 Å². The van der Waals surface area contributed by atoms with Crippen LogP contribution in [0.25, 0.3) is 22.2 Å². The number of nitrogens with one attached hydrogen (secondary N) is 1. The number of aromatic amines is 1. The lowest BCUT2D eigenvalue weighted by molar-refractivity contribution is 0.0697. The average molecular weight is 267 g/mol. The van der Waals surface area contributed by atoms with Gasteiger partial charge in [0.2, 0.25) is 0 Å². The van der Waals surface area contributed by atoms with E-state index < -0.39 is 5.97 Å². The Morgan fingerprint density at radius 1 is 1.15 bits per heavy atom. The highest BCUT2D eigenvalue weighted by Crippen LogP contribution is 2.23. The van der Waals surface area contributed by atoms with E-state index >= 15 is 0 Å². The maximum atomic E-state index is 11.8. The summed E-state index contributed by atoms with van der Waals surface area (Å²) in [6.45, 7) is 0. The van der Waals surface area contributed by atoms with Crippen molar-refractivity contribution in [3.63, 3.8) is 0 Å². The SMILES string of the molecule is O=C(O)c1ccc2c(=O)[nH]nc(-c3ccccn3)c2c1. The molecule has 2 heterocycles. The number of carboxylic acids is 1. The van der Waals surface area contributed by atoms with Gasteiger partial charge in [0.05, 0.1) is 16.6 Å². The summed E-state index contributed by atoms with van der Waals surface area (Å²) in [7, 11) is 0. The molecule has 0 amide bonds. The highest BCUT2D eigenvalue weighted by Gasteiger charge is 2.12. The van der Waals surface area contributed by atoms with E-state index in [1.165, 1.54) is 18.2 Å². The number of fused-ring (bicyclic) bond motifs is 1. The maximum Gasteiger partial charge on any atom is 0.335 e. The fraction of sp³-hybridized carbons (Fsp3) is 0. The van der Waals surface area contributed by atoms with Gasteiger partial charge in [0.1, 0.15) is 5.69 Å². The van der Waals surface area contributed by atoms with Gasteiger partial charge in [-0.15, -0.1) is 0 Å². The molecule has 0 saturated carbocycles. The van der Waals surface area contributed by atoms with Crippen molar-refractivity contribution in [3.8, 4) is 11.4 Å². The van der Waals surface area contributed by atoms with E-state index in [1.54, 1.807) is 24.4 Å². The summed E-state index contributed by atoms with van der Waals surface area (Å²) < 4.78 is 0. The summed E-state index contributed by atoms with van der Waals surface area (Å²) in [6, 6.07) is 9.60. The van der Waals surface area contributed by atoms with Gasteiger partial charge in [0.25, 0.3) is 5.56 Å². The Bertz CT molecular complexity index is 856. The Morgan fingerprint density at radius 3 is 2.70 bits per heavy atom. The van der Waals surface area contributed by atoms with E-state index in [-0.39, 0.29) is 11.1 Å². The zero-order valence-corrected chi connectivity index (χ0v) is 10.2. The summed E-state index contributed by atoms with van der Waals surface area (Å²) in [6.07, 6.45) is 1.61. The monoisotopic (exact) mass is 267 g/mol. The van der Waals surface area contributed by atoms with E-state index in [1.807, 2.05) is 0 Å². The topological polar surface area (TPSA) is 95.9 Å². The zero-order chi connectivity index (χ0) is 14.1. The fourth-order valence-electron chi connectivity index (χ4n) is 2.00. The van der Waals surface area contributed by atoms with Crippen LogP contribution in [-0.4, -0.2) is 26.3 Å². The van der Waals surface area contributed by atoms with Crippen molar-refractivity contribution < 1.29 is 9.90 Å². The summed E-state index contributed by atoms with van der Waals surface area (Å²) in [5, 5.41) is 16.3. The number of hydrogen-bond donors (Lipinski definition) is 2. The summed E-state index contributed by atoms with van der Waals surface area (Å²) in [5.74, 6) is -1.06. The summed E-state index contributed by atoms with van der Waals surface area (Å²) in [4.78, 5) is 27.0. The molecule has 2 aromatic heterocycles. The van der Waals surface area contributed by atoms with Crippen molar-refractivity contribution in [2.45, 2.75) is 0 Å². The van der Waals surface area contributed by atoms with Gasteiger partial charge in [-0.25, -0.2) is 9.89 Å². The Labute approximate surface area is 112 Å². The van der Waals surface area contributed by atoms with Gasteiger partial charge in [-0.05, 0) is 30.3 Å². The standard InChI is InChI=1S/C14H9N3O3/c18-13-9-5-4-8(14(19)20)7-10(9)12(16-17-13)11-3-1-2-6-15-11/h1-7H,(H,17,18)(H,19,20). The van der Waals surface area contributed by atoms with Crippen LogP contribution in [0.4, 0.5) is 0 Å². The van der Waals surface area contributed by atoms with Gasteiger partial charge in [0, 0.05) is 11.6 Å². The number of hydrogen-bond acceptors (Lipinski definition) is 4. The summed E-state index contributed by atoms with van der Waals surface area (Å²) in [5.41, 5.74) is 0.748. The molecule has 1 aromatic carbocycles. The molecule has 0 atom stereocenters. The van der Waals surface area contributed by atoms with Crippen LogP contribution in [0, 0.1) is 0 Å². The number of nitrogens with zero attached hydrogens (tertiary/aromatic N) is 2. The Balaban J connectivity index is 2.38. The highest BCUT2D eigenvalue weighted by atomic mass is 16.4. The van der Waals surface area contributed by atoms with E-state index in [4.69, 9.17) is 5.11 Å². The number of aromatic carboxylic acids is 1. The summed E-state index contributed by atoms with van der Waals surface area (Å²) >= 11 is 0. The van der Waals surface area contributed by atoms with Crippen LogP contribution < -0.4 is 5.56 Å². The van der Waals surface area contributed by atoms with Gasteiger partial charge in [0.15, 0.2) is 0 Å². The van der Waals surface area contributed by atoms with E-state index in [0.29, 0.717) is 22.2 Å². The largest absolute Gasteiger partial charge is 0.478 e. The lowest BCUT2D eigenvalue weighted by Crippen LogP contribution is -2.10. The first-order valence-electron chi connectivity index (χ1n) is 5.84. The third kappa shape index (κ3) is 1.93. The number of carbonyl (C=O) groups is 1. The van der Waals surface area contributed by atoms with Crippen molar-refractivity contribution in [3.05, 3.63) is 58.5 Å². The van der Waals surface area contributed by atoms with Crippen molar-refractivity contribution in [1.29, 1.82) is 0 Å². The lowest BCUT2D eigenvalue weighted by Gasteiger charge is -2.05. The molecule has 20 heavy (non-hydrogen) atoms. The number of rotatable bonds is 2. The normalized spacial score (nSPS) is 10.6. The molecule has 0 spiro atoms. The molecular weight excluding hydrogens is 258 g/mol. The van der Waals surface area contributed by atoms with Crippen molar-refractivity contribution in [1.82, 2.24) is 15.2 Å². The molecular formula is C14H9N3O3. The van der Waals surface area contributed by atoms with Crippen LogP contribution in [0.3, 0.4) is 0 Å². The van der Waals surface area contributed by atoms with Gasteiger partial charge in [-0.2, -0.15) is 5.10 Å². The van der Waals surface area contributed by atoms with E-state index in [9.17, 15) is 9.59 Å². The first-order valence-corrected chi connectivity index (χ1v) is 5.84. The fourth-order valence-corrected chi connectivity index (χ4v) is 2.00. The Kier molecular flexibility index (Phi) is 2.76. The zero-order valence-electron chi connectivity index (χ0n) is 10.2. The van der Waals surface area contributed by atoms with Crippen LogP contribution >= 0.6 is 0 Å². The van der Waals surface area contributed by atoms with Crippen molar-refractivity contribution in [2.24, 2.45) is 0 Å². The van der Waals surface area contributed by atoms with Crippen LogP contribution in [0.1, 0.15) is 10.4 Å². The number of pyridine rings is 1. The molecule has 3 aromatic rings. The molecule has 0 fully saturated rings. The molecule has 0 aliphatic rings. The second-order valence-corrected chi connectivity index (χ2v) is 4.18. The van der Waals surface area contributed by atoms with Gasteiger partial charge >= 0.3 is 5.97 Å². The van der Waals surface area contributed by atoms with Crippen LogP contribution in [-0.2, 0) is 0 Å². The molecule has 0 aliphatic heterocycles. The first-order chi connectivity index (χ1) is 9.66. The molecule has 0 saturated heterocycles. The number of carboxylic acid groups (broad SMARTS) is 1. The Morgan fingerprint density at radius 2 is 2.00 bits per heavy atom. The van der Waals surface area contributed by atoms with Crippen LogP contribution in [0.15, 0.2) is 47.4 Å². The minimum absolute atomic E-state index is 0.0991. The minimum atomic E-state index is -1.06. The molecule has 0 unspecified atom stereocenters. The predicted molar refractivity (Wildman–Crippen MR) is 72.6 cm³/mol. The smallest absolute Gasteiger partial charge is 0.335 e. The van der Waals surface area contributed by atoms with Crippen LogP contribution in [0.2, 0.25) is 0 Å². The number of H-pyrrole nitrogens is 1. The quantitative estimate of drug-likeness (QED) is 0.736. The number of benzene rings is 1. The molecule has 6 nitrogen and oxygen atoms in total. The third-order valence-corrected chi connectivity index (χ3v) is 2.94. The second kappa shape index (κ2) is 4.58. The van der Waals surface area contributed by atoms with Gasteiger partial charge in [-0.3, -0.25) is 9.78 Å². The van der Waals surface area contributed by atoms with Crippen molar-refractivity contribution in [2.75, 3.05) is 0 Å².